The van der Waals surface area contributed by atoms with E-state index in [4.69, 9.17) is 21.9 Å². The SMILES string of the molecule is Nc1ccc(Oc2ccc(N)cc2N)cc1. The average Bonchev–Trinajstić information content (AvgIpc) is 2.25. The fraction of sp³-hybridized carbons (Fsp3) is 0. The zero-order valence-electron chi connectivity index (χ0n) is 8.68. The van der Waals surface area contributed by atoms with Crippen LogP contribution in [0.25, 0.3) is 0 Å². The van der Waals surface area contributed by atoms with Gasteiger partial charge in [0.05, 0.1) is 5.69 Å². The average molecular weight is 215 g/mol. The Labute approximate surface area is 93.6 Å². The largest absolute Gasteiger partial charge is 0.455 e. The van der Waals surface area contributed by atoms with Crippen LogP contribution in [0.1, 0.15) is 0 Å². The number of benzene rings is 2. The zero-order valence-corrected chi connectivity index (χ0v) is 8.68. The predicted molar refractivity (Wildman–Crippen MR) is 66.2 cm³/mol. The molecule has 0 fully saturated rings. The fourth-order valence-electron chi connectivity index (χ4n) is 1.32. The molecule has 0 aromatic heterocycles. The molecule has 0 radical (unpaired) electrons. The Morgan fingerprint density at radius 2 is 1.38 bits per heavy atom. The summed E-state index contributed by atoms with van der Waals surface area (Å²) in [7, 11) is 0. The van der Waals surface area contributed by atoms with Gasteiger partial charge in [0.15, 0.2) is 0 Å². The molecular formula is C12H13N3O. The molecule has 0 atom stereocenters. The van der Waals surface area contributed by atoms with Gasteiger partial charge in [-0.2, -0.15) is 0 Å². The highest BCUT2D eigenvalue weighted by Gasteiger charge is 2.02. The van der Waals surface area contributed by atoms with Crippen molar-refractivity contribution in [3.63, 3.8) is 0 Å². The first kappa shape index (κ1) is 10.2. The molecule has 0 saturated carbocycles. The lowest BCUT2D eigenvalue weighted by Gasteiger charge is -2.08. The molecule has 4 nitrogen and oxygen atoms in total. The van der Waals surface area contributed by atoms with Crippen molar-refractivity contribution >= 4 is 17.1 Å². The monoisotopic (exact) mass is 215 g/mol. The number of rotatable bonds is 2. The molecule has 0 unspecified atom stereocenters. The van der Waals surface area contributed by atoms with Crippen LogP contribution in [0.4, 0.5) is 17.1 Å². The van der Waals surface area contributed by atoms with E-state index >= 15 is 0 Å². The van der Waals surface area contributed by atoms with E-state index in [9.17, 15) is 0 Å². The van der Waals surface area contributed by atoms with Gasteiger partial charge in [-0.25, -0.2) is 0 Å². The smallest absolute Gasteiger partial charge is 0.150 e. The lowest BCUT2D eigenvalue weighted by molar-refractivity contribution is 0.485. The highest BCUT2D eigenvalue weighted by molar-refractivity contribution is 5.61. The van der Waals surface area contributed by atoms with Gasteiger partial charge in [0, 0.05) is 11.4 Å². The second kappa shape index (κ2) is 4.02. The van der Waals surface area contributed by atoms with Crippen LogP contribution < -0.4 is 21.9 Å². The topological polar surface area (TPSA) is 87.3 Å². The van der Waals surface area contributed by atoms with Gasteiger partial charge in [0.1, 0.15) is 11.5 Å². The number of nitrogen functional groups attached to an aromatic ring is 3. The van der Waals surface area contributed by atoms with Crippen molar-refractivity contribution < 1.29 is 4.74 Å². The number of hydrogen-bond acceptors (Lipinski definition) is 4. The number of hydrogen-bond donors (Lipinski definition) is 3. The van der Waals surface area contributed by atoms with Crippen LogP contribution >= 0.6 is 0 Å². The fourth-order valence-corrected chi connectivity index (χ4v) is 1.32. The quantitative estimate of drug-likeness (QED) is 0.670. The lowest BCUT2D eigenvalue weighted by atomic mass is 10.2. The first-order valence-electron chi connectivity index (χ1n) is 4.83. The molecule has 6 N–H and O–H groups in total. The van der Waals surface area contributed by atoms with Crippen molar-refractivity contribution in [2.75, 3.05) is 17.2 Å². The van der Waals surface area contributed by atoms with Crippen LogP contribution in [0.15, 0.2) is 42.5 Å². The Bertz CT molecular complexity index is 494. The summed E-state index contributed by atoms with van der Waals surface area (Å²) < 4.78 is 5.58. The number of ether oxygens (including phenoxy) is 1. The maximum atomic E-state index is 5.77. The molecule has 2 rings (SSSR count). The molecule has 0 saturated heterocycles. The van der Waals surface area contributed by atoms with Gasteiger partial charge in [-0.05, 0) is 42.5 Å². The van der Waals surface area contributed by atoms with Gasteiger partial charge in [0.2, 0.25) is 0 Å². The van der Waals surface area contributed by atoms with E-state index in [1.165, 1.54) is 0 Å². The second-order valence-corrected chi connectivity index (χ2v) is 3.47. The van der Waals surface area contributed by atoms with Crippen LogP contribution in [-0.2, 0) is 0 Å². The predicted octanol–water partition coefficient (Wildman–Crippen LogP) is 2.23. The summed E-state index contributed by atoms with van der Waals surface area (Å²) in [6, 6.07) is 12.2. The molecular weight excluding hydrogens is 202 g/mol. The van der Waals surface area contributed by atoms with Gasteiger partial charge >= 0.3 is 0 Å². The summed E-state index contributed by atoms with van der Waals surface area (Å²) >= 11 is 0. The summed E-state index contributed by atoms with van der Waals surface area (Å²) in [5, 5.41) is 0. The molecule has 0 bridgehead atoms. The first-order chi connectivity index (χ1) is 7.65. The van der Waals surface area contributed by atoms with Crippen molar-refractivity contribution in [3.05, 3.63) is 42.5 Å². The van der Waals surface area contributed by atoms with E-state index in [0.717, 1.165) is 0 Å². The maximum absolute atomic E-state index is 5.77. The van der Waals surface area contributed by atoms with Crippen molar-refractivity contribution in [2.45, 2.75) is 0 Å². The molecule has 0 amide bonds. The molecule has 0 spiro atoms. The third-order valence-electron chi connectivity index (χ3n) is 2.14. The van der Waals surface area contributed by atoms with Crippen molar-refractivity contribution in [1.82, 2.24) is 0 Å². The van der Waals surface area contributed by atoms with Crippen LogP contribution in [0.3, 0.4) is 0 Å². The van der Waals surface area contributed by atoms with Gasteiger partial charge in [0.25, 0.3) is 0 Å². The first-order valence-corrected chi connectivity index (χ1v) is 4.83. The Balaban J connectivity index is 2.23. The summed E-state index contributed by atoms with van der Waals surface area (Å²) in [5.74, 6) is 1.27. The van der Waals surface area contributed by atoms with E-state index in [-0.39, 0.29) is 0 Å². The summed E-state index contributed by atoms with van der Waals surface area (Å²) in [6.07, 6.45) is 0. The number of nitrogens with two attached hydrogens (primary N) is 3. The van der Waals surface area contributed by atoms with E-state index in [1.54, 1.807) is 42.5 Å². The van der Waals surface area contributed by atoms with Gasteiger partial charge in [-0.15, -0.1) is 0 Å². The van der Waals surface area contributed by atoms with Crippen LogP contribution in [0, 0.1) is 0 Å². The summed E-state index contributed by atoms with van der Waals surface area (Å²) in [6.45, 7) is 0. The van der Waals surface area contributed by atoms with Crippen molar-refractivity contribution in [2.24, 2.45) is 0 Å². The molecule has 4 heteroatoms. The molecule has 0 aliphatic carbocycles. The van der Waals surface area contributed by atoms with Gasteiger partial charge in [-0.3, -0.25) is 0 Å². The minimum atomic E-state index is 0.511. The minimum absolute atomic E-state index is 0.511. The van der Waals surface area contributed by atoms with Crippen molar-refractivity contribution in [3.8, 4) is 11.5 Å². The van der Waals surface area contributed by atoms with Crippen LogP contribution in [0.2, 0.25) is 0 Å². The second-order valence-electron chi connectivity index (χ2n) is 3.47. The van der Waals surface area contributed by atoms with Gasteiger partial charge in [-0.1, -0.05) is 0 Å². The maximum Gasteiger partial charge on any atom is 0.150 e. The molecule has 82 valence electrons. The third-order valence-corrected chi connectivity index (χ3v) is 2.14. The Kier molecular flexibility index (Phi) is 2.55. The molecule has 2 aromatic carbocycles. The number of anilines is 3. The van der Waals surface area contributed by atoms with E-state index in [0.29, 0.717) is 28.6 Å². The molecule has 2 aromatic rings. The standard InChI is InChI=1S/C12H13N3O/c13-8-1-4-10(5-2-8)16-12-6-3-9(14)7-11(12)15/h1-7H,13-15H2. The van der Waals surface area contributed by atoms with Gasteiger partial charge < -0.3 is 21.9 Å². The Hall–Kier alpha value is -2.36. The zero-order chi connectivity index (χ0) is 11.5. The molecule has 0 aliphatic rings. The van der Waals surface area contributed by atoms with Crippen LogP contribution in [-0.4, -0.2) is 0 Å². The van der Waals surface area contributed by atoms with E-state index in [2.05, 4.69) is 0 Å². The van der Waals surface area contributed by atoms with E-state index < -0.39 is 0 Å². The molecule has 16 heavy (non-hydrogen) atoms. The Morgan fingerprint density at radius 3 is 2.00 bits per heavy atom. The normalized spacial score (nSPS) is 10.0. The van der Waals surface area contributed by atoms with E-state index in [1.807, 2.05) is 0 Å². The third kappa shape index (κ3) is 2.17. The summed E-state index contributed by atoms with van der Waals surface area (Å²) in [5.41, 5.74) is 18.7. The Morgan fingerprint density at radius 1 is 0.750 bits per heavy atom. The van der Waals surface area contributed by atoms with Crippen LogP contribution in [0.5, 0.6) is 11.5 Å². The highest BCUT2D eigenvalue weighted by Crippen LogP contribution is 2.29. The molecule has 0 heterocycles. The molecule has 0 aliphatic heterocycles. The lowest BCUT2D eigenvalue weighted by Crippen LogP contribution is -1.94. The van der Waals surface area contributed by atoms with Crippen molar-refractivity contribution in [1.29, 1.82) is 0 Å². The minimum Gasteiger partial charge on any atom is -0.455 e. The summed E-state index contributed by atoms with van der Waals surface area (Å²) in [4.78, 5) is 0. The highest BCUT2D eigenvalue weighted by atomic mass is 16.5.